The second-order valence-electron chi connectivity index (χ2n) is 5.58. The molecular weight excluding hydrogens is 327 g/mol. The molecule has 0 saturated carbocycles. The van der Waals surface area contributed by atoms with Crippen molar-refractivity contribution in [1.82, 2.24) is 4.90 Å². The molecule has 0 bridgehead atoms. The summed E-state index contributed by atoms with van der Waals surface area (Å²) in [5.41, 5.74) is 6.38. The number of rotatable bonds is 2. The van der Waals surface area contributed by atoms with Crippen LogP contribution in [0, 0.1) is 0 Å². The zero-order valence-corrected chi connectivity index (χ0v) is 14.1. The molecule has 2 rings (SSSR count). The summed E-state index contributed by atoms with van der Waals surface area (Å²) in [6.45, 7) is 2.58. The Labute approximate surface area is 143 Å². The van der Waals surface area contributed by atoms with Gasteiger partial charge in [0, 0.05) is 18.5 Å². The van der Waals surface area contributed by atoms with E-state index < -0.39 is 11.6 Å². The summed E-state index contributed by atoms with van der Waals surface area (Å²) in [6, 6.07) is 9.45. The first kappa shape index (κ1) is 20.7. The molecule has 22 heavy (non-hydrogen) atoms. The summed E-state index contributed by atoms with van der Waals surface area (Å²) in [5, 5.41) is 0. The van der Waals surface area contributed by atoms with Crippen molar-refractivity contribution in [1.29, 1.82) is 0 Å². The van der Waals surface area contributed by atoms with E-state index in [2.05, 4.69) is 0 Å². The third-order valence-corrected chi connectivity index (χ3v) is 3.38. The van der Waals surface area contributed by atoms with E-state index in [0.29, 0.717) is 19.4 Å². The van der Waals surface area contributed by atoms with Crippen molar-refractivity contribution in [2.45, 2.75) is 31.9 Å². The molecule has 0 aliphatic carbocycles. The van der Waals surface area contributed by atoms with Gasteiger partial charge in [-0.1, -0.05) is 30.3 Å². The first-order valence-electron chi connectivity index (χ1n) is 6.72. The Morgan fingerprint density at radius 1 is 1.32 bits per heavy atom. The second kappa shape index (κ2) is 8.98. The Morgan fingerprint density at radius 3 is 2.59 bits per heavy atom. The Kier molecular flexibility index (Phi) is 8.45. The maximum absolute atomic E-state index is 12.0. The number of hydrogen-bond acceptors (Lipinski definition) is 4. The smallest absolute Gasteiger partial charge is 0.410 e. The van der Waals surface area contributed by atoms with Crippen LogP contribution in [0.5, 0.6) is 0 Å². The SMILES string of the molecule is CC1(N)CCN(C(=O)OCc2ccccc2)CC(=O)C1.Cl.Cl. The highest BCUT2D eigenvalue weighted by molar-refractivity contribution is 5.86. The predicted molar refractivity (Wildman–Crippen MR) is 89.5 cm³/mol. The predicted octanol–water partition coefficient (Wildman–Crippen LogP) is 2.55. The van der Waals surface area contributed by atoms with Gasteiger partial charge in [0.05, 0.1) is 6.54 Å². The van der Waals surface area contributed by atoms with Gasteiger partial charge in [-0.05, 0) is 18.9 Å². The van der Waals surface area contributed by atoms with Crippen molar-refractivity contribution in [3.05, 3.63) is 35.9 Å². The number of Topliss-reactive ketones (excluding diaryl/α,β-unsaturated/α-hetero) is 1. The molecule has 1 heterocycles. The largest absolute Gasteiger partial charge is 0.445 e. The van der Waals surface area contributed by atoms with Gasteiger partial charge < -0.3 is 15.4 Å². The molecule has 2 N–H and O–H groups in total. The molecule has 1 aliphatic rings. The van der Waals surface area contributed by atoms with Crippen molar-refractivity contribution in [2.24, 2.45) is 5.73 Å². The van der Waals surface area contributed by atoms with Crippen LogP contribution in [0.3, 0.4) is 0 Å². The quantitative estimate of drug-likeness (QED) is 0.891. The van der Waals surface area contributed by atoms with Crippen molar-refractivity contribution >= 4 is 36.7 Å². The minimum absolute atomic E-state index is 0. The van der Waals surface area contributed by atoms with E-state index in [9.17, 15) is 9.59 Å². The monoisotopic (exact) mass is 348 g/mol. The third-order valence-electron chi connectivity index (χ3n) is 3.38. The van der Waals surface area contributed by atoms with Gasteiger partial charge in [-0.2, -0.15) is 0 Å². The van der Waals surface area contributed by atoms with E-state index in [1.54, 1.807) is 0 Å². The fraction of sp³-hybridized carbons (Fsp3) is 0.467. The van der Waals surface area contributed by atoms with E-state index in [0.717, 1.165) is 5.56 Å². The lowest BCUT2D eigenvalue weighted by atomic mass is 9.94. The number of amides is 1. The molecule has 1 aliphatic heterocycles. The number of carbonyl (C=O) groups is 2. The maximum Gasteiger partial charge on any atom is 0.410 e. The molecule has 1 atom stereocenters. The van der Waals surface area contributed by atoms with E-state index in [1.807, 2.05) is 37.3 Å². The van der Waals surface area contributed by atoms with Gasteiger partial charge in [-0.3, -0.25) is 4.79 Å². The van der Waals surface area contributed by atoms with Crippen molar-refractivity contribution in [3.8, 4) is 0 Å². The summed E-state index contributed by atoms with van der Waals surface area (Å²) >= 11 is 0. The standard InChI is InChI=1S/C15H20N2O3.2ClH/c1-15(16)7-8-17(10-13(18)9-15)14(19)20-11-12-5-3-2-4-6-12;;/h2-6H,7-11,16H2,1H3;2*1H. The van der Waals surface area contributed by atoms with Gasteiger partial charge in [-0.15, -0.1) is 24.8 Å². The molecule has 0 aromatic heterocycles. The van der Waals surface area contributed by atoms with Gasteiger partial charge in [0.15, 0.2) is 5.78 Å². The summed E-state index contributed by atoms with van der Waals surface area (Å²) in [4.78, 5) is 25.2. The number of halogens is 2. The minimum Gasteiger partial charge on any atom is -0.445 e. The average Bonchev–Trinajstić information content (AvgIpc) is 2.54. The number of carbonyl (C=O) groups excluding carboxylic acids is 2. The lowest BCUT2D eigenvalue weighted by molar-refractivity contribution is -0.120. The Balaban J connectivity index is 0.00000220. The number of likely N-dealkylation sites (tertiary alicyclic amines) is 1. The Morgan fingerprint density at radius 2 is 1.95 bits per heavy atom. The van der Waals surface area contributed by atoms with Crippen LogP contribution in [0.15, 0.2) is 30.3 Å². The van der Waals surface area contributed by atoms with Crippen LogP contribution >= 0.6 is 24.8 Å². The van der Waals surface area contributed by atoms with Gasteiger partial charge >= 0.3 is 6.09 Å². The molecule has 1 aromatic rings. The number of benzene rings is 1. The van der Waals surface area contributed by atoms with Crippen molar-refractivity contribution in [3.63, 3.8) is 0 Å². The minimum atomic E-state index is -0.536. The molecule has 124 valence electrons. The van der Waals surface area contributed by atoms with Crippen LogP contribution in [0.4, 0.5) is 4.79 Å². The van der Waals surface area contributed by atoms with E-state index in [1.165, 1.54) is 4.90 Å². The number of nitrogens with zero attached hydrogens (tertiary/aromatic N) is 1. The van der Waals surface area contributed by atoms with Gasteiger partial charge in [0.1, 0.15) is 6.61 Å². The van der Waals surface area contributed by atoms with Crippen LogP contribution in [0.1, 0.15) is 25.3 Å². The van der Waals surface area contributed by atoms with E-state index >= 15 is 0 Å². The van der Waals surface area contributed by atoms with Gasteiger partial charge in [0.2, 0.25) is 0 Å². The van der Waals surface area contributed by atoms with Crippen LogP contribution in [0.25, 0.3) is 0 Å². The molecule has 7 heteroatoms. The second-order valence-corrected chi connectivity index (χ2v) is 5.58. The summed E-state index contributed by atoms with van der Waals surface area (Å²) in [5.74, 6) is -0.0239. The molecule has 1 saturated heterocycles. The molecule has 1 fully saturated rings. The maximum atomic E-state index is 12.0. The third kappa shape index (κ3) is 6.22. The lowest BCUT2D eigenvalue weighted by Crippen LogP contribution is -2.38. The molecule has 1 aromatic carbocycles. The fourth-order valence-electron chi connectivity index (χ4n) is 2.24. The number of ketones is 1. The summed E-state index contributed by atoms with van der Waals surface area (Å²) < 4.78 is 5.23. The summed E-state index contributed by atoms with van der Waals surface area (Å²) in [7, 11) is 0. The number of ether oxygens (including phenoxy) is 1. The summed E-state index contributed by atoms with van der Waals surface area (Å²) in [6.07, 6.45) is 0.439. The first-order chi connectivity index (χ1) is 9.46. The molecule has 1 amide bonds. The first-order valence-corrected chi connectivity index (χ1v) is 6.72. The van der Waals surface area contributed by atoms with Crippen LogP contribution in [0.2, 0.25) is 0 Å². The Hall–Kier alpha value is -1.30. The molecule has 0 spiro atoms. The highest BCUT2D eigenvalue weighted by Crippen LogP contribution is 2.17. The molecule has 1 unspecified atom stereocenters. The molecule has 5 nitrogen and oxygen atoms in total. The lowest BCUT2D eigenvalue weighted by Gasteiger charge is -2.22. The van der Waals surface area contributed by atoms with E-state index in [4.69, 9.17) is 10.5 Å². The average molecular weight is 349 g/mol. The van der Waals surface area contributed by atoms with Gasteiger partial charge in [-0.25, -0.2) is 4.79 Å². The number of hydrogen-bond donors (Lipinski definition) is 1. The van der Waals surface area contributed by atoms with E-state index in [-0.39, 0.29) is 43.7 Å². The number of nitrogens with two attached hydrogens (primary N) is 1. The zero-order valence-electron chi connectivity index (χ0n) is 12.5. The highest BCUT2D eigenvalue weighted by Gasteiger charge is 2.31. The fourth-order valence-corrected chi connectivity index (χ4v) is 2.24. The van der Waals surface area contributed by atoms with Crippen molar-refractivity contribution < 1.29 is 14.3 Å². The van der Waals surface area contributed by atoms with Crippen LogP contribution in [-0.4, -0.2) is 35.4 Å². The highest BCUT2D eigenvalue weighted by atomic mass is 35.5. The van der Waals surface area contributed by atoms with Crippen LogP contribution in [-0.2, 0) is 16.1 Å². The topological polar surface area (TPSA) is 72.6 Å². The van der Waals surface area contributed by atoms with Crippen molar-refractivity contribution in [2.75, 3.05) is 13.1 Å². The molecular formula is C15H22Cl2N2O3. The van der Waals surface area contributed by atoms with Crippen LogP contribution < -0.4 is 5.73 Å². The molecule has 0 radical (unpaired) electrons. The normalized spacial score (nSPS) is 21.2. The zero-order chi connectivity index (χ0) is 14.6. The van der Waals surface area contributed by atoms with Gasteiger partial charge in [0.25, 0.3) is 0 Å². The Bertz CT molecular complexity index is 495.